The molecule has 7 nitrogen and oxygen atoms in total. The predicted octanol–water partition coefficient (Wildman–Crippen LogP) is 2.97. The van der Waals surface area contributed by atoms with E-state index >= 15 is 0 Å². The van der Waals surface area contributed by atoms with Crippen molar-refractivity contribution in [3.63, 3.8) is 0 Å². The summed E-state index contributed by atoms with van der Waals surface area (Å²) in [4.78, 5) is 31.4. The molecule has 1 aliphatic heterocycles. The monoisotopic (exact) mass is 417 g/mol. The normalized spacial score (nSPS) is 15.1. The summed E-state index contributed by atoms with van der Waals surface area (Å²) in [5.41, 5.74) is 0.611. The van der Waals surface area contributed by atoms with Crippen molar-refractivity contribution in [2.45, 2.75) is 26.3 Å². The van der Waals surface area contributed by atoms with Crippen LogP contribution in [0.15, 0.2) is 35.1 Å². The highest BCUT2D eigenvalue weighted by atomic mass is 35.5. The van der Waals surface area contributed by atoms with Crippen LogP contribution < -0.4 is 15.8 Å². The first-order valence-corrected chi connectivity index (χ1v) is 10.4. The Balaban J connectivity index is 1.59. The number of rotatable bonds is 4. The fourth-order valence-corrected chi connectivity index (χ4v) is 4.39. The zero-order chi connectivity index (χ0) is 19.7. The number of fused-ring (bicyclic) bond motifs is 1. The number of nitrogens with zero attached hydrogens (tertiary/aromatic N) is 4. The minimum Gasteiger partial charge on any atom is -0.347 e. The molecule has 1 aliphatic rings. The molecule has 28 heavy (non-hydrogen) atoms. The lowest BCUT2D eigenvalue weighted by Gasteiger charge is -2.29. The summed E-state index contributed by atoms with van der Waals surface area (Å²) in [6.07, 6.45) is 2.21. The van der Waals surface area contributed by atoms with Crippen molar-refractivity contribution in [2.75, 3.05) is 18.0 Å². The molecule has 0 radical (unpaired) electrons. The highest BCUT2D eigenvalue weighted by molar-refractivity contribution is 7.20. The average molecular weight is 418 g/mol. The highest BCUT2D eigenvalue weighted by Gasteiger charge is 2.21. The van der Waals surface area contributed by atoms with E-state index in [0.717, 1.165) is 36.6 Å². The maximum Gasteiger partial charge on any atom is 0.274 e. The van der Waals surface area contributed by atoms with Crippen LogP contribution in [0.5, 0.6) is 0 Å². The van der Waals surface area contributed by atoms with Crippen molar-refractivity contribution in [2.24, 2.45) is 5.92 Å². The van der Waals surface area contributed by atoms with E-state index in [4.69, 9.17) is 11.6 Å². The first kappa shape index (κ1) is 18.9. The van der Waals surface area contributed by atoms with Gasteiger partial charge >= 0.3 is 0 Å². The summed E-state index contributed by atoms with van der Waals surface area (Å²) in [7, 11) is 0. The largest absolute Gasteiger partial charge is 0.347 e. The molecule has 1 fully saturated rings. The third-order valence-electron chi connectivity index (χ3n) is 4.87. The van der Waals surface area contributed by atoms with E-state index < -0.39 is 5.56 Å². The number of aromatic nitrogens is 3. The number of hydrogen-bond acceptors (Lipinski definition) is 6. The van der Waals surface area contributed by atoms with Crippen LogP contribution in [0.4, 0.5) is 5.13 Å². The first-order chi connectivity index (χ1) is 13.5. The Morgan fingerprint density at radius 3 is 2.86 bits per heavy atom. The highest BCUT2D eigenvalue weighted by Crippen LogP contribution is 2.27. The molecular weight excluding hydrogens is 398 g/mol. The Labute approximate surface area is 171 Å². The quantitative estimate of drug-likeness (QED) is 0.705. The summed E-state index contributed by atoms with van der Waals surface area (Å²) < 4.78 is 1.47. The molecule has 1 aromatic carbocycles. The van der Waals surface area contributed by atoms with Crippen LogP contribution in [0, 0.1) is 5.92 Å². The molecule has 0 spiro atoms. The van der Waals surface area contributed by atoms with Gasteiger partial charge in [-0.2, -0.15) is 9.50 Å². The third-order valence-corrected chi connectivity index (χ3v) is 6.08. The summed E-state index contributed by atoms with van der Waals surface area (Å²) >= 11 is 7.32. The maximum atomic E-state index is 12.7. The van der Waals surface area contributed by atoms with Gasteiger partial charge in [0.25, 0.3) is 11.5 Å². The number of halogens is 1. The van der Waals surface area contributed by atoms with Gasteiger partial charge in [-0.05, 0) is 36.5 Å². The second-order valence-corrected chi connectivity index (χ2v) is 8.41. The zero-order valence-corrected chi connectivity index (χ0v) is 17.0. The van der Waals surface area contributed by atoms with Crippen LogP contribution in [0.2, 0.25) is 5.02 Å². The fourth-order valence-electron chi connectivity index (χ4n) is 3.21. The first-order valence-electron chi connectivity index (χ1n) is 9.18. The summed E-state index contributed by atoms with van der Waals surface area (Å²) in [5, 5.41) is 8.78. The third kappa shape index (κ3) is 4.02. The molecule has 4 rings (SSSR count). The van der Waals surface area contributed by atoms with E-state index in [2.05, 4.69) is 27.2 Å². The minimum absolute atomic E-state index is 0.185. The van der Waals surface area contributed by atoms with Gasteiger partial charge in [-0.1, -0.05) is 42.0 Å². The lowest BCUT2D eigenvalue weighted by molar-refractivity contribution is 0.0943. The molecule has 3 aromatic rings. The molecule has 0 unspecified atom stereocenters. The number of hydrogen-bond donors (Lipinski definition) is 1. The van der Waals surface area contributed by atoms with E-state index in [0.29, 0.717) is 22.4 Å². The number of nitrogens with one attached hydrogen (secondary N) is 1. The van der Waals surface area contributed by atoms with Gasteiger partial charge in [-0.25, -0.2) is 0 Å². The van der Waals surface area contributed by atoms with Crippen molar-refractivity contribution in [1.82, 2.24) is 19.9 Å². The summed E-state index contributed by atoms with van der Waals surface area (Å²) in [6, 6.07) is 8.48. The molecule has 3 heterocycles. The van der Waals surface area contributed by atoms with Crippen molar-refractivity contribution in [1.29, 1.82) is 0 Å². The number of carbonyl (C=O) groups is 1. The van der Waals surface area contributed by atoms with Gasteiger partial charge < -0.3 is 10.2 Å². The van der Waals surface area contributed by atoms with Crippen molar-refractivity contribution < 1.29 is 4.79 Å². The van der Waals surface area contributed by atoms with Crippen LogP contribution in [0.25, 0.3) is 4.96 Å². The van der Waals surface area contributed by atoms with Gasteiger partial charge in [0, 0.05) is 30.7 Å². The topological polar surface area (TPSA) is 79.6 Å². The molecule has 9 heteroatoms. The van der Waals surface area contributed by atoms with Crippen LogP contribution >= 0.6 is 22.9 Å². The van der Waals surface area contributed by atoms with Gasteiger partial charge in [0.2, 0.25) is 10.1 Å². The molecule has 2 aromatic heterocycles. The SMILES string of the molecule is CC1CCN(c2nn3c(C(=O)NCc4cccc(Cl)c4)cc(=O)nc3s2)CC1. The number of amides is 1. The summed E-state index contributed by atoms with van der Waals surface area (Å²) in [6.45, 7) is 4.39. The van der Waals surface area contributed by atoms with Gasteiger partial charge in [0.15, 0.2) is 0 Å². The molecule has 0 bridgehead atoms. The smallest absolute Gasteiger partial charge is 0.274 e. The zero-order valence-electron chi connectivity index (χ0n) is 15.4. The lowest BCUT2D eigenvalue weighted by Crippen LogP contribution is -2.32. The van der Waals surface area contributed by atoms with Gasteiger partial charge in [-0.3, -0.25) is 9.59 Å². The van der Waals surface area contributed by atoms with E-state index in [1.54, 1.807) is 12.1 Å². The number of piperidine rings is 1. The Hall–Kier alpha value is -2.45. The molecule has 1 N–H and O–H groups in total. The Morgan fingerprint density at radius 1 is 1.32 bits per heavy atom. The van der Waals surface area contributed by atoms with Crippen LogP contribution in [0.1, 0.15) is 35.8 Å². The number of benzene rings is 1. The Bertz CT molecular complexity index is 1070. The second kappa shape index (κ2) is 7.89. The summed E-state index contributed by atoms with van der Waals surface area (Å²) in [5.74, 6) is 0.330. The van der Waals surface area contributed by atoms with Crippen LogP contribution in [-0.2, 0) is 6.54 Å². The predicted molar refractivity (Wildman–Crippen MR) is 110 cm³/mol. The van der Waals surface area contributed by atoms with Gasteiger partial charge in [0.1, 0.15) is 5.69 Å². The fraction of sp³-hybridized carbons (Fsp3) is 0.368. The number of anilines is 1. The van der Waals surface area contributed by atoms with Gasteiger partial charge in [-0.15, -0.1) is 5.10 Å². The number of carbonyl (C=O) groups excluding carboxylic acids is 1. The van der Waals surface area contributed by atoms with Crippen LogP contribution in [0.3, 0.4) is 0 Å². The Kier molecular flexibility index (Phi) is 5.32. The Morgan fingerprint density at radius 2 is 2.11 bits per heavy atom. The van der Waals surface area contributed by atoms with E-state index in [1.165, 1.54) is 21.9 Å². The van der Waals surface area contributed by atoms with E-state index in [9.17, 15) is 9.59 Å². The molecule has 1 amide bonds. The minimum atomic E-state index is -0.449. The molecule has 0 aliphatic carbocycles. The standard InChI is InChI=1S/C19H20ClN5O2S/c1-12-5-7-24(8-6-12)19-23-25-15(10-16(26)22-18(25)28-19)17(27)21-11-13-3-2-4-14(20)9-13/h2-4,9-10,12H,5-8,11H2,1H3,(H,21,27). The van der Waals surface area contributed by atoms with Gasteiger partial charge in [0.05, 0.1) is 0 Å². The second-order valence-electron chi connectivity index (χ2n) is 7.04. The lowest BCUT2D eigenvalue weighted by atomic mass is 10.00. The van der Waals surface area contributed by atoms with Crippen LogP contribution in [-0.4, -0.2) is 33.6 Å². The molecule has 0 saturated carbocycles. The van der Waals surface area contributed by atoms with Crippen molar-refractivity contribution in [3.8, 4) is 0 Å². The molecule has 146 valence electrons. The van der Waals surface area contributed by atoms with Crippen molar-refractivity contribution >= 4 is 38.9 Å². The van der Waals surface area contributed by atoms with E-state index in [-0.39, 0.29) is 11.6 Å². The molecule has 0 atom stereocenters. The van der Waals surface area contributed by atoms with Crippen molar-refractivity contribution in [3.05, 3.63) is 57.0 Å². The average Bonchev–Trinajstić information content (AvgIpc) is 3.10. The van der Waals surface area contributed by atoms with E-state index in [1.807, 2.05) is 12.1 Å². The maximum absolute atomic E-state index is 12.7. The molecule has 1 saturated heterocycles. The molecular formula is C19H20ClN5O2S.